The van der Waals surface area contributed by atoms with Gasteiger partial charge in [-0.3, -0.25) is 4.79 Å². The summed E-state index contributed by atoms with van der Waals surface area (Å²) in [6.07, 6.45) is 1.12. The quantitative estimate of drug-likeness (QED) is 0.785. The van der Waals surface area contributed by atoms with Crippen molar-refractivity contribution in [2.45, 2.75) is 39.2 Å². The van der Waals surface area contributed by atoms with Crippen molar-refractivity contribution in [3.05, 3.63) is 34.1 Å². The highest BCUT2D eigenvalue weighted by Gasteiger charge is 2.25. The summed E-state index contributed by atoms with van der Waals surface area (Å²) >= 11 is 3.30. The van der Waals surface area contributed by atoms with E-state index in [4.69, 9.17) is 5.11 Å². The third-order valence-electron chi connectivity index (χ3n) is 3.42. The van der Waals surface area contributed by atoms with E-state index in [1.807, 2.05) is 6.92 Å². The van der Waals surface area contributed by atoms with E-state index in [0.29, 0.717) is 18.4 Å². The van der Waals surface area contributed by atoms with Gasteiger partial charge in [-0.1, -0.05) is 36.2 Å². The Morgan fingerprint density at radius 3 is 2.67 bits per heavy atom. The van der Waals surface area contributed by atoms with Gasteiger partial charge in [0.15, 0.2) is 0 Å². The maximum Gasteiger partial charge on any atom is 0.326 e. The van der Waals surface area contributed by atoms with Crippen LogP contribution >= 0.6 is 15.9 Å². The molecule has 0 spiro atoms. The van der Waals surface area contributed by atoms with Gasteiger partial charge in [0.05, 0.1) is 0 Å². The molecule has 0 aliphatic rings. The Morgan fingerprint density at radius 1 is 1.43 bits per heavy atom. The average molecular weight is 360 g/mol. The van der Waals surface area contributed by atoms with Crippen molar-refractivity contribution in [3.8, 4) is 0 Å². The lowest BCUT2D eigenvalue weighted by Gasteiger charge is -2.20. The summed E-state index contributed by atoms with van der Waals surface area (Å²) in [5.41, 5.74) is 0.681. The Morgan fingerprint density at radius 2 is 2.10 bits per heavy atom. The van der Waals surface area contributed by atoms with Gasteiger partial charge in [0, 0.05) is 10.9 Å². The van der Waals surface area contributed by atoms with E-state index in [-0.39, 0.29) is 24.1 Å². The number of aryl methyl sites for hydroxylation is 1. The summed E-state index contributed by atoms with van der Waals surface area (Å²) in [5.74, 6) is -1.90. The van der Waals surface area contributed by atoms with Gasteiger partial charge in [-0.15, -0.1) is 0 Å². The number of benzene rings is 1. The number of rotatable bonds is 7. The van der Waals surface area contributed by atoms with Crippen LogP contribution in [0.3, 0.4) is 0 Å². The second-order valence-electron chi connectivity index (χ2n) is 5.00. The molecule has 0 aliphatic carbocycles. The number of hydrogen-bond donors (Lipinski definition) is 2. The SMILES string of the molecule is CCC(C)C(NC(=O)CCc1cc(F)ccc1Br)C(=O)O. The Labute approximate surface area is 131 Å². The molecule has 0 saturated carbocycles. The summed E-state index contributed by atoms with van der Waals surface area (Å²) in [5, 5.41) is 11.6. The molecule has 0 radical (unpaired) electrons. The van der Waals surface area contributed by atoms with Crippen LogP contribution < -0.4 is 5.32 Å². The predicted octanol–water partition coefficient (Wildman–Crippen LogP) is 3.14. The lowest BCUT2D eigenvalue weighted by Crippen LogP contribution is -2.45. The molecule has 1 rings (SSSR count). The smallest absolute Gasteiger partial charge is 0.326 e. The van der Waals surface area contributed by atoms with Crippen molar-refractivity contribution in [1.29, 1.82) is 0 Å². The van der Waals surface area contributed by atoms with Gasteiger partial charge in [-0.05, 0) is 36.1 Å². The molecule has 0 bridgehead atoms. The summed E-state index contributed by atoms with van der Waals surface area (Å²) in [6, 6.07) is 3.39. The number of amides is 1. The van der Waals surface area contributed by atoms with E-state index < -0.39 is 12.0 Å². The summed E-state index contributed by atoms with van der Waals surface area (Å²) in [6.45, 7) is 3.65. The molecule has 0 aliphatic heterocycles. The van der Waals surface area contributed by atoms with Gasteiger partial charge >= 0.3 is 5.97 Å². The van der Waals surface area contributed by atoms with Crippen LogP contribution in [0.5, 0.6) is 0 Å². The number of carboxylic acid groups (broad SMARTS) is 1. The lowest BCUT2D eigenvalue weighted by atomic mass is 9.99. The van der Waals surface area contributed by atoms with Crippen LogP contribution in [0.15, 0.2) is 22.7 Å². The Bertz CT molecular complexity index is 522. The first-order valence-corrected chi connectivity index (χ1v) is 7.60. The van der Waals surface area contributed by atoms with E-state index >= 15 is 0 Å². The number of carbonyl (C=O) groups excluding carboxylic acids is 1. The third-order valence-corrected chi connectivity index (χ3v) is 4.20. The van der Waals surface area contributed by atoms with E-state index in [1.165, 1.54) is 12.1 Å². The molecule has 0 aromatic heterocycles. The van der Waals surface area contributed by atoms with Crippen molar-refractivity contribution < 1.29 is 19.1 Å². The van der Waals surface area contributed by atoms with Gasteiger partial charge in [-0.2, -0.15) is 0 Å². The molecule has 2 unspecified atom stereocenters. The van der Waals surface area contributed by atoms with Crippen molar-refractivity contribution in [2.75, 3.05) is 0 Å². The first kappa shape index (κ1) is 17.6. The zero-order valence-corrected chi connectivity index (χ0v) is 13.6. The van der Waals surface area contributed by atoms with Gasteiger partial charge < -0.3 is 10.4 Å². The van der Waals surface area contributed by atoms with Crippen LogP contribution in [0.2, 0.25) is 0 Å². The second-order valence-corrected chi connectivity index (χ2v) is 5.86. The highest BCUT2D eigenvalue weighted by Crippen LogP contribution is 2.19. The van der Waals surface area contributed by atoms with E-state index in [2.05, 4.69) is 21.2 Å². The lowest BCUT2D eigenvalue weighted by molar-refractivity contribution is -0.143. The Hall–Kier alpha value is -1.43. The minimum absolute atomic E-state index is 0.113. The molecule has 0 saturated heterocycles. The minimum atomic E-state index is -1.04. The molecular weight excluding hydrogens is 341 g/mol. The molecule has 2 atom stereocenters. The van der Waals surface area contributed by atoms with Gasteiger partial charge in [-0.25, -0.2) is 9.18 Å². The molecule has 1 amide bonds. The van der Waals surface area contributed by atoms with Crippen LogP contribution in [0, 0.1) is 11.7 Å². The number of aliphatic carboxylic acids is 1. The number of halogens is 2. The topological polar surface area (TPSA) is 66.4 Å². The fourth-order valence-corrected chi connectivity index (χ4v) is 2.36. The van der Waals surface area contributed by atoms with Gasteiger partial charge in [0.2, 0.25) is 5.91 Å². The van der Waals surface area contributed by atoms with Crippen LogP contribution in [0.25, 0.3) is 0 Å². The first-order chi connectivity index (χ1) is 9.85. The molecule has 21 heavy (non-hydrogen) atoms. The van der Waals surface area contributed by atoms with E-state index in [9.17, 15) is 14.0 Å². The largest absolute Gasteiger partial charge is 0.480 e. The molecule has 2 N–H and O–H groups in total. The molecule has 0 heterocycles. The zero-order valence-electron chi connectivity index (χ0n) is 12.0. The van der Waals surface area contributed by atoms with Crippen LogP contribution in [0.4, 0.5) is 4.39 Å². The van der Waals surface area contributed by atoms with Crippen molar-refractivity contribution >= 4 is 27.8 Å². The highest BCUT2D eigenvalue weighted by atomic mass is 79.9. The molecular formula is C15H19BrFNO3. The van der Waals surface area contributed by atoms with Crippen molar-refractivity contribution in [3.63, 3.8) is 0 Å². The number of carbonyl (C=O) groups is 2. The highest BCUT2D eigenvalue weighted by molar-refractivity contribution is 9.10. The Balaban J connectivity index is 2.61. The number of carboxylic acids is 1. The van der Waals surface area contributed by atoms with Crippen molar-refractivity contribution in [2.24, 2.45) is 5.92 Å². The molecule has 1 aromatic carbocycles. The second kappa shape index (κ2) is 8.12. The Kier molecular flexibility index (Phi) is 6.81. The van der Waals surface area contributed by atoms with E-state index in [0.717, 1.165) is 4.47 Å². The van der Waals surface area contributed by atoms with Gasteiger partial charge in [0.25, 0.3) is 0 Å². The first-order valence-electron chi connectivity index (χ1n) is 6.81. The van der Waals surface area contributed by atoms with Crippen LogP contribution in [-0.2, 0) is 16.0 Å². The van der Waals surface area contributed by atoms with E-state index in [1.54, 1.807) is 13.0 Å². The molecule has 116 valence electrons. The minimum Gasteiger partial charge on any atom is -0.480 e. The molecule has 1 aromatic rings. The van der Waals surface area contributed by atoms with Gasteiger partial charge in [0.1, 0.15) is 11.9 Å². The van der Waals surface area contributed by atoms with Crippen molar-refractivity contribution in [1.82, 2.24) is 5.32 Å². The predicted molar refractivity (Wildman–Crippen MR) is 81.4 cm³/mol. The average Bonchev–Trinajstić information content (AvgIpc) is 2.44. The zero-order chi connectivity index (χ0) is 16.0. The normalized spacial score (nSPS) is 13.5. The molecule has 6 heteroatoms. The fraction of sp³-hybridized carbons (Fsp3) is 0.467. The molecule has 4 nitrogen and oxygen atoms in total. The monoisotopic (exact) mass is 359 g/mol. The summed E-state index contributed by atoms with van der Waals surface area (Å²) in [4.78, 5) is 23.0. The fourth-order valence-electron chi connectivity index (χ4n) is 1.91. The standard InChI is InChI=1S/C15H19BrFNO3/c1-3-9(2)14(15(20)21)18-13(19)7-4-10-8-11(17)5-6-12(10)16/h5-6,8-9,14H,3-4,7H2,1-2H3,(H,18,19)(H,20,21). The summed E-state index contributed by atoms with van der Waals surface area (Å²) < 4.78 is 13.9. The number of hydrogen-bond acceptors (Lipinski definition) is 2. The van der Waals surface area contributed by atoms with Crippen LogP contribution in [0.1, 0.15) is 32.3 Å². The maximum atomic E-state index is 13.1. The maximum absolute atomic E-state index is 13.1. The number of nitrogens with one attached hydrogen (secondary N) is 1. The summed E-state index contributed by atoms with van der Waals surface area (Å²) in [7, 11) is 0. The van der Waals surface area contributed by atoms with Crippen LogP contribution in [-0.4, -0.2) is 23.0 Å². The molecule has 0 fully saturated rings. The third kappa shape index (κ3) is 5.46.